The molecule has 2 N–H and O–H groups in total. The molecule has 1 aromatic carbocycles. The molecule has 1 fully saturated rings. The molecular weight excluding hydrogens is 392 g/mol. The Morgan fingerprint density at radius 3 is 2.28 bits per heavy atom. The summed E-state index contributed by atoms with van der Waals surface area (Å²) in [5.41, 5.74) is 1.85. The summed E-state index contributed by atoms with van der Waals surface area (Å²) in [5, 5.41) is 2.50. The summed E-state index contributed by atoms with van der Waals surface area (Å²) in [6.45, 7) is 3.32. The monoisotopic (exact) mass is 424 g/mol. The van der Waals surface area contributed by atoms with Crippen LogP contribution in [0.15, 0.2) is 24.3 Å². The van der Waals surface area contributed by atoms with Gasteiger partial charge in [0, 0.05) is 24.1 Å². The molecule has 2 rings (SSSR count). The Hall–Kier alpha value is -1.93. The molecule has 1 saturated carbocycles. The Bertz CT molecular complexity index is 782. The first-order chi connectivity index (χ1) is 13.7. The number of nitrogens with one attached hydrogen (secondary N) is 2. The molecule has 0 spiro atoms. The lowest BCUT2D eigenvalue weighted by Gasteiger charge is -2.28. The van der Waals surface area contributed by atoms with Gasteiger partial charge in [0.1, 0.15) is 0 Å². The summed E-state index contributed by atoms with van der Waals surface area (Å²) in [6.07, 6.45) is 4.57. The van der Waals surface area contributed by atoms with Crippen molar-refractivity contribution >= 4 is 27.6 Å². The van der Waals surface area contributed by atoms with E-state index in [0.717, 1.165) is 24.1 Å². The molecule has 29 heavy (non-hydrogen) atoms. The normalized spacial score (nSPS) is 19.7. The molecule has 0 atom stereocenters. The summed E-state index contributed by atoms with van der Waals surface area (Å²) >= 11 is 0. The molecule has 0 unspecified atom stereocenters. The van der Waals surface area contributed by atoms with Crippen molar-refractivity contribution in [3.8, 4) is 0 Å². The molecule has 1 amide bonds. The molecule has 1 aliphatic rings. The van der Waals surface area contributed by atoms with Crippen LogP contribution in [0.5, 0.6) is 0 Å². The number of methoxy groups -OCH3 is 1. The second-order valence-corrected chi connectivity index (χ2v) is 10.1. The van der Waals surface area contributed by atoms with Gasteiger partial charge in [-0.2, -0.15) is 0 Å². The minimum atomic E-state index is -3.28. The third kappa shape index (κ3) is 7.44. The zero-order valence-electron chi connectivity index (χ0n) is 17.4. The number of rotatable bonds is 9. The highest BCUT2D eigenvalue weighted by Gasteiger charge is 2.29. The number of sulfonamides is 1. The van der Waals surface area contributed by atoms with E-state index in [0.29, 0.717) is 32.1 Å². The lowest BCUT2D eigenvalue weighted by atomic mass is 9.86. The molecule has 0 saturated heterocycles. The van der Waals surface area contributed by atoms with Gasteiger partial charge >= 0.3 is 5.97 Å². The Labute approximate surface area is 173 Å². The molecule has 162 valence electrons. The molecule has 8 heteroatoms. The maximum atomic E-state index is 12.5. The van der Waals surface area contributed by atoms with Crippen molar-refractivity contribution in [2.24, 2.45) is 5.92 Å². The van der Waals surface area contributed by atoms with E-state index < -0.39 is 15.3 Å². The molecule has 0 aliphatic heterocycles. The summed E-state index contributed by atoms with van der Waals surface area (Å²) in [5.74, 6) is -0.330. The van der Waals surface area contributed by atoms with Crippen LogP contribution in [0.3, 0.4) is 0 Å². The van der Waals surface area contributed by atoms with Gasteiger partial charge in [-0.3, -0.25) is 9.59 Å². The minimum absolute atomic E-state index is 0.0198. The zero-order chi connectivity index (χ0) is 21.4. The van der Waals surface area contributed by atoms with Crippen LogP contribution >= 0.6 is 0 Å². The molecule has 1 aromatic rings. The summed E-state index contributed by atoms with van der Waals surface area (Å²) in [4.78, 5) is 23.7. The summed E-state index contributed by atoms with van der Waals surface area (Å²) in [6, 6.07) is 7.55. The van der Waals surface area contributed by atoms with Gasteiger partial charge in [0.05, 0.1) is 12.4 Å². The molecular formula is C21H32N2O5S. The second-order valence-electron chi connectivity index (χ2n) is 7.88. The first-order valence-corrected chi connectivity index (χ1v) is 11.7. The topological polar surface area (TPSA) is 102 Å². The number of amides is 1. The van der Waals surface area contributed by atoms with Crippen LogP contribution in [0.25, 0.3) is 0 Å². The van der Waals surface area contributed by atoms with Crippen LogP contribution in [0, 0.1) is 5.92 Å². The van der Waals surface area contributed by atoms with Crippen LogP contribution in [-0.4, -0.2) is 38.7 Å². The Morgan fingerprint density at radius 1 is 1.10 bits per heavy atom. The van der Waals surface area contributed by atoms with Gasteiger partial charge in [-0.05, 0) is 70.1 Å². The zero-order valence-corrected chi connectivity index (χ0v) is 18.3. The van der Waals surface area contributed by atoms with E-state index in [9.17, 15) is 18.0 Å². The third-order valence-corrected chi connectivity index (χ3v) is 7.25. The first kappa shape index (κ1) is 23.3. The van der Waals surface area contributed by atoms with Gasteiger partial charge in [-0.1, -0.05) is 12.1 Å². The smallest absolute Gasteiger partial charge is 0.305 e. The van der Waals surface area contributed by atoms with Crippen LogP contribution < -0.4 is 10.0 Å². The van der Waals surface area contributed by atoms with E-state index in [4.69, 9.17) is 0 Å². The van der Waals surface area contributed by atoms with Gasteiger partial charge in [0.25, 0.3) is 0 Å². The Kier molecular flexibility index (Phi) is 8.64. The number of hydrogen-bond donors (Lipinski definition) is 2. The molecule has 7 nitrogen and oxygen atoms in total. The van der Waals surface area contributed by atoms with Crippen molar-refractivity contribution in [1.82, 2.24) is 4.72 Å². The van der Waals surface area contributed by atoms with Crippen molar-refractivity contribution in [2.75, 3.05) is 12.4 Å². The SMILES string of the molecule is COC(=O)CCCc1ccc(NC(=O)C2CCC(NS(=O)(=O)C(C)C)CC2)cc1. The molecule has 0 aromatic heterocycles. The predicted molar refractivity (Wildman–Crippen MR) is 113 cm³/mol. The van der Waals surface area contributed by atoms with E-state index in [-0.39, 0.29) is 23.8 Å². The van der Waals surface area contributed by atoms with Gasteiger partial charge < -0.3 is 10.1 Å². The number of benzene rings is 1. The van der Waals surface area contributed by atoms with Crippen LogP contribution in [0.1, 0.15) is 57.9 Å². The number of carbonyl (C=O) groups excluding carboxylic acids is 2. The van der Waals surface area contributed by atoms with E-state index in [1.54, 1.807) is 13.8 Å². The van der Waals surface area contributed by atoms with E-state index in [2.05, 4.69) is 14.8 Å². The van der Waals surface area contributed by atoms with E-state index in [1.807, 2.05) is 24.3 Å². The van der Waals surface area contributed by atoms with Gasteiger partial charge in [-0.25, -0.2) is 13.1 Å². The highest BCUT2D eigenvalue weighted by Crippen LogP contribution is 2.26. The summed E-state index contributed by atoms with van der Waals surface area (Å²) in [7, 11) is -1.89. The number of hydrogen-bond acceptors (Lipinski definition) is 5. The molecule has 0 heterocycles. The number of aryl methyl sites for hydroxylation is 1. The van der Waals surface area contributed by atoms with Crippen molar-refractivity contribution < 1.29 is 22.7 Å². The molecule has 0 radical (unpaired) electrons. The van der Waals surface area contributed by atoms with Crippen molar-refractivity contribution in [1.29, 1.82) is 0 Å². The van der Waals surface area contributed by atoms with Gasteiger partial charge in [0.15, 0.2) is 0 Å². The fourth-order valence-corrected chi connectivity index (χ4v) is 4.35. The maximum Gasteiger partial charge on any atom is 0.305 e. The van der Waals surface area contributed by atoms with Gasteiger partial charge in [-0.15, -0.1) is 0 Å². The standard InChI is InChI=1S/C21H32N2O5S/c1-15(2)29(26,27)23-19-13-9-17(10-14-19)21(25)22-18-11-7-16(8-12-18)5-4-6-20(24)28-3/h7-8,11-12,15,17,19,23H,4-6,9-10,13-14H2,1-3H3,(H,22,25). The van der Waals surface area contributed by atoms with Crippen molar-refractivity contribution in [3.63, 3.8) is 0 Å². The maximum absolute atomic E-state index is 12.5. The average Bonchev–Trinajstić information content (AvgIpc) is 2.69. The number of esters is 1. The molecule has 0 bridgehead atoms. The Morgan fingerprint density at radius 2 is 1.72 bits per heavy atom. The fraction of sp³-hybridized carbons (Fsp3) is 0.619. The molecule has 1 aliphatic carbocycles. The number of ether oxygens (including phenoxy) is 1. The minimum Gasteiger partial charge on any atom is -0.469 e. The van der Waals surface area contributed by atoms with Crippen LogP contribution in [0.4, 0.5) is 5.69 Å². The van der Waals surface area contributed by atoms with Crippen LogP contribution in [-0.2, 0) is 30.8 Å². The van der Waals surface area contributed by atoms with Gasteiger partial charge in [0.2, 0.25) is 15.9 Å². The van der Waals surface area contributed by atoms with E-state index >= 15 is 0 Å². The highest BCUT2D eigenvalue weighted by molar-refractivity contribution is 7.90. The highest BCUT2D eigenvalue weighted by atomic mass is 32.2. The fourth-order valence-electron chi connectivity index (χ4n) is 3.38. The third-order valence-electron chi connectivity index (χ3n) is 5.35. The van der Waals surface area contributed by atoms with Crippen molar-refractivity contribution in [2.45, 2.75) is 70.1 Å². The summed E-state index contributed by atoms with van der Waals surface area (Å²) < 4.78 is 31.3. The van der Waals surface area contributed by atoms with E-state index in [1.165, 1.54) is 7.11 Å². The Balaban J connectivity index is 1.77. The average molecular weight is 425 g/mol. The largest absolute Gasteiger partial charge is 0.469 e. The lowest BCUT2D eigenvalue weighted by molar-refractivity contribution is -0.140. The number of carbonyl (C=O) groups is 2. The first-order valence-electron chi connectivity index (χ1n) is 10.2. The van der Waals surface area contributed by atoms with Crippen LogP contribution in [0.2, 0.25) is 0 Å². The predicted octanol–water partition coefficient (Wildman–Crippen LogP) is 3.01. The van der Waals surface area contributed by atoms with Crippen molar-refractivity contribution in [3.05, 3.63) is 29.8 Å². The second kappa shape index (κ2) is 10.7. The quantitative estimate of drug-likeness (QED) is 0.594. The number of anilines is 1. The lowest BCUT2D eigenvalue weighted by Crippen LogP contribution is -2.42.